The van der Waals surface area contributed by atoms with Crippen LogP contribution in [0.15, 0.2) is 48.8 Å². The summed E-state index contributed by atoms with van der Waals surface area (Å²) in [6.45, 7) is -2.55. The fourth-order valence-electron chi connectivity index (χ4n) is 4.19. The normalized spacial score (nSPS) is 13.4. The number of hydrogen-bond acceptors (Lipinski definition) is 7. The van der Waals surface area contributed by atoms with Crippen molar-refractivity contribution in [3.63, 3.8) is 0 Å². The van der Waals surface area contributed by atoms with Crippen LogP contribution in [0.4, 0.5) is 13.6 Å². The number of alkyl halides is 2. The first-order valence-electron chi connectivity index (χ1n) is 13.0. The maximum atomic E-state index is 13.3. The van der Waals surface area contributed by atoms with E-state index in [-0.39, 0.29) is 34.5 Å². The van der Waals surface area contributed by atoms with E-state index in [0.717, 1.165) is 30.8 Å². The highest BCUT2D eigenvalue weighted by Gasteiger charge is 2.27. The Morgan fingerprint density at radius 2 is 1.69 bits per heavy atom. The molecule has 3 aromatic rings. The lowest BCUT2D eigenvalue weighted by Gasteiger charge is -2.25. The average molecular weight is 627 g/mol. The second-order valence-corrected chi connectivity index (χ2v) is 10.6. The number of aromatic nitrogens is 1. The third kappa shape index (κ3) is 8.19. The SMILES string of the molecule is COc1ccc(CN(C)C(=O)O[C@@H](Cc2c(Cl)c[n+]([O-])cc2Cl)c2ccc(OC(F)F)c(OCC3CC3)c2)cc1OC. The van der Waals surface area contributed by atoms with Crippen LogP contribution in [0, 0.1) is 11.1 Å². The Morgan fingerprint density at radius 1 is 1.02 bits per heavy atom. The molecular formula is C29H30Cl2F2N2O7. The summed E-state index contributed by atoms with van der Waals surface area (Å²) in [6.07, 6.45) is 2.54. The van der Waals surface area contributed by atoms with Crippen LogP contribution in [0.25, 0.3) is 0 Å². The summed E-state index contributed by atoms with van der Waals surface area (Å²) in [5.74, 6) is 1.33. The topological polar surface area (TPSA) is 93.4 Å². The molecule has 0 radical (unpaired) electrons. The van der Waals surface area contributed by atoms with E-state index in [0.29, 0.717) is 39.9 Å². The molecule has 9 nitrogen and oxygen atoms in total. The Bertz CT molecular complexity index is 1390. The van der Waals surface area contributed by atoms with E-state index >= 15 is 0 Å². The van der Waals surface area contributed by atoms with E-state index < -0.39 is 18.8 Å². The highest BCUT2D eigenvalue weighted by Crippen LogP contribution is 2.38. The summed E-state index contributed by atoms with van der Waals surface area (Å²) in [7, 11) is 4.60. The maximum Gasteiger partial charge on any atom is 0.410 e. The molecule has 226 valence electrons. The number of hydrogen-bond donors (Lipinski definition) is 0. The smallest absolute Gasteiger partial charge is 0.410 e. The summed E-state index contributed by atoms with van der Waals surface area (Å²) >= 11 is 12.7. The zero-order valence-corrected chi connectivity index (χ0v) is 24.7. The van der Waals surface area contributed by atoms with Crippen LogP contribution in [-0.2, 0) is 17.7 Å². The quantitative estimate of drug-likeness (QED) is 0.156. The lowest BCUT2D eigenvalue weighted by Crippen LogP contribution is -2.29. The fraction of sp³-hybridized carbons (Fsp3) is 0.379. The molecule has 0 unspecified atom stereocenters. The zero-order valence-electron chi connectivity index (χ0n) is 23.2. The van der Waals surface area contributed by atoms with Crippen LogP contribution in [0.3, 0.4) is 0 Å². The van der Waals surface area contributed by atoms with Crippen molar-refractivity contribution in [3.05, 3.63) is 80.7 Å². The minimum absolute atomic E-state index is 0.0223. The van der Waals surface area contributed by atoms with E-state index in [1.807, 2.05) is 0 Å². The highest BCUT2D eigenvalue weighted by molar-refractivity contribution is 6.35. The van der Waals surface area contributed by atoms with Crippen LogP contribution in [0.2, 0.25) is 10.0 Å². The molecular weight excluding hydrogens is 597 g/mol. The molecule has 0 saturated heterocycles. The Labute approximate surface area is 252 Å². The third-order valence-corrected chi connectivity index (χ3v) is 7.25. The summed E-state index contributed by atoms with van der Waals surface area (Å²) in [5.41, 5.74) is 1.53. The van der Waals surface area contributed by atoms with Gasteiger partial charge in [0.15, 0.2) is 35.4 Å². The number of carbonyl (C=O) groups is 1. The van der Waals surface area contributed by atoms with E-state index in [9.17, 15) is 18.8 Å². The van der Waals surface area contributed by atoms with Crippen LogP contribution in [0.1, 0.15) is 35.6 Å². The molecule has 4 rings (SSSR count). The Hall–Kier alpha value is -3.70. The molecule has 0 N–H and O–H groups in total. The van der Waals surface area contributed by atoms with Gasteiger partial charge in [-0.15, -0.1) is 0 Å². The molecule has 1 aliphatic rings. The van der Waals surface area contributed by atoms with Crippen LogP contribution >= 0.6 is 23.2 Å². The highest BCUT2D eigenvalue weighted by atomic mass is 35.5. The molecule has 1 heterocycles. The molecule has 0 spiro atoms. The van der Waals surface area contributed by atoms with Gasteiger partial charge in [0.2, 0.25) is 0 Å². The van der Waals surface area contributed by atoms with Gasteiger partial charge in [0.1, 0.15) is 16.1 Å². The summed E-state index contributed by atoms with van der Waals surface area (Å²) < 4.78 is 53.6. The van der Waals surface area contributed by atoms with Gasteiger partial charge in [-0.05, 0) is 54.2 Å². The first-order valence-corrected chi connectivity index (χ1v) is 13.7. The van der Waals surface area contributed by atoms with Gasteiger partial charge in [0.05, 0.1) is 20.8 Å². The molecule has 1 aliphatic carbocycles. The Morgan fingerprint density at radius 3 is 2.31 bits per heavy atom. The van der Waals surface area contributed by atoms with Gasteiger partial charge in [-0.25, -0.2) is 4.79 Å². The van der Waals surface area contributed by atoms with Crippen molar-refractivity contribution < 1.29 is 42.0 Å². The van der Waals surface area contributed by atoms with Crippen molar-refractivity contribution in [1.82, 2.24) is 4.90 Å². The summed E-state index contributed by atoms with van der Waals surface area (Å²) in [5, 5.41) is 11.9. The van der Waals surface area contributed by atoms with Crippen LogP contribution in [-0.4, -0.2) is 45.5 Å². The van der Waals surface area contributed by atoms with E-state index in [2.05, 4.69) is 4.74 Å². The second-order valence-electron chi connectivity index (χ2n) is 9.75. The number of benzene rings is 2. The van der Waals surface area contributed by atoms with Gasteiger partial charge in [-0.3, -0.25) is 0 Å². The van der Waals surface area contributed by atoms with Gasteiger partial charge in [0, 0.05) is 25.6 Å². The molecule has 1 aromatic heterocycles. The maximum absolute atomic E-state index is 13.3. The lowest BCUT2D eigenvalue weighted by molar-refractivity contribution is -0.605. The number of amides is 1. The molecule has 13 heteroatoms. The van der Waals surface area contributed by atoms with Crippen molar-refractivity contribution in [2.75, 3.05) is 27.9 Å². The van der Waals surface area contributed by atoms with Crippen molar-refractivity contribution in [2.24, 2.45) is 5.92 Å². The van der Waals surface area contributed by atoms with Gasteiger partial charge < -0.3 is 33.8 Å². The minimum Gasteiger partial charge on any atom is -0.619 e. The average Bonchev–Trinajstić information content (AvgIpc) is 3.78. The van der Waals surface area contributed by atoms with Gasteiger partial charge in [-0.1, -0.05) is 35.3 Å². The molecule has 2 aromatic carbocycles. The van der Waals surface area contributed by atoms with E-state index in [1.54, 1.807) is 25.2 Å². The molecule has 0 bridgehead atoms. The Kier molecular flexibility index (Phi) is 10.4. The molecule has 1 amide bonds. The lowest BCUT2D eigenvalue weighted by atomic mass is 10.0. The predicted molar refractivity (Wildman–Crippen MR) is 151 cm³/mol. The van der Waals surface area contributed by atoms with Crippen molar-refractivity contribution in [2.45, 2.75) is 38.5 Å². The fourth-order valence-corrected chi connectivity index (χ4v) is 4.79. The van der Waals surface area contributed by atoms with E-state index in [1.165, 1.54) is 37.3 Å². The van der Waals surface area contributed by atoms with Crippen LogP contribution in [0.5, 0.6) is 23.0 Å². The van der Waals surface area contributed by atoms with Gasteiger partial charge >= 0.3 is 12.7 Å². The number of methoxy groups -OCH3 is 2. The first kappa shape index (κ1) is 31.2. The molecule has 1 fully saturated rings. The predicted octanol–water partition coefficient (Wildman–Crippen LogP) is 6.59. The molecule has 0 aliphatic heterocycles. The second kappa shape index (κ2) is 14.0. The number of pyridine rings is 1. The number of halogens is 4. The Balaban J connectivity index is 1.62. The van der Waals surface area contributed by atoms with Crippen molar-refractivity contribution in [1.29, 1.82) is 0 Å². The van der Waals surface area contributed by atoms with Crippen molar-refractivity contribution in [3.8, 4) is 23.0 Å². The van der Waals surface area contributed by atoms with Crippen molar-refractivity contribution >= 4 is 29.3 Å². The largest absolute Gasteiger partial charge is 0.619 e. The molecule has 1 saturated carbocycles. The standard InChI is InChI=1S/C29H30Cl2F2N2O7/c1-34(13-18-6-8-23(38-2)26(10-18)39-3)29(36)42-25(12-20-21(30)14-35(37)15-22(20)31)19-7-9-24(41-28(32)33)27(11-19)40-16-17-4-5-17/h6-11,14-15,17,25,28H,4-5,12-13,16H2,1-3H3/t25-/m0/s1. The monoisotopic (exact) mass is 626 g/mol. The summed E-state index contributed by atoms with van der Waals surface area (Å²) in [4.78, 5) is 14.7. The van der Waals surface area contributed by atoms with Gasteiger partial charge in [0.25, 0.3) is 0 Å². The number of nitrogens with zero attached hydrogens (tertiary/aromatic N) is 2. The molecule has 1 atom stereocenters. The summed E-state index contributed by atoms with van der Waals surface area (Å²) in [6, 6.07) is 9.57. The zero-order chi connectivity index (χ0) is 30.4. The van der Waals surface area contributed by atoms with Crippen LogP contribution < -0.4 is 23.7 Å². The minimum atomic E-state index is -3.06. The van der Waals surface area contributed by atoms with E-state index in [4.69, 9.17) is 42.1 Å². The number of rotatable bonds is 13. The van der Waals surface area contributed by atoms with Gasteiger partial charge in [-0.2, -0.15) is 13.5 Å². The third-order valence-electron chi connectivity index (χ3n) is 6.60. The first-order chi connectivity index (χ1) is 20.1. The number of ether oxygens (including phenoxy) is 5. The number of carbonyl (C=O) groups excluding carboxylic acids is 1. The molecule has 42 heavy (non-hydrogen) atoms.